The number of carbonyl (C=O) groups excluding carboxylic acids is 2. The largest absolute Gasteiger partial charge is 0.497 e. The van der Waals surface area contributed by atoms with Crippen molar-refractivity contribution in [3.8, 4) is 5.75 Å². The summed E-state index contributed by atoms with van der Waals surface area (Å²) in [6, 6.07) is 4.71. The van der Waals surface area contributed by atoms with Gasteiger partial charge in [0.05, 0.1) is 7.11 Å². The first-order chi connectivity index (χ1) is 10.5. The lowest BCUT2D eigenvalue weighted by Gasteiger charge is -2.12. The second-order valence-electron chi connectivity index (χ2n) is 5.01. The summed E-state index contributed by atoms with van der Waals surface area (Å²) in [6.07, 6.45) is 0. The average molecular weight is 304 g/mol. The molecule has 1 atom stereocenters. The van der Waals surface area contributed by atoms with E-state index in [0.29, 0.717) is 17.9 Å². The zero-order valence-electron chi connectivity index (χ0n) is 13.1. The minimum absolute atomic E-state index is 0.208. The molecule has 0 aliphatic rings. The number of furan rings is 1. The van der Waals surface area contributed by atoms with Gasteiger partial charge in [0.1, 0.15) is 17.4 Å². The van der Waals surface area contributed by atoms with E-state index >= 15 is 0 Å². The van der Waals surface area contributed by atoms with Crippen LogP contribution in [0.3, 0.4) is 0 Å². The van der Waals surface area contributed by atoms with Crippen LogP contribution in [0.4, 0.5) is 0 Å². The Morgan fingerprint density at radius 2 is 2.09 bits per heavy atom. The molecule has 6 nitrogen and oxygen atoms in total. The van der Waals surface area contributed by atoms with Crippen molar-refractivity contribution in [3.05, 3.63) is 29.5 Å². The van der Waals surface area contributed by atoms with Gasteiger partial charge >= 0.3 is 0 Å². The molecule has 1 heterocycles. The van der Waals surface area contributed by atoms with Gasteiger partial charge in [-0.3, -0.25) is 9.59 Å². The van der Waals surface area contributed by atoms with Gasteiger partial charge in [0.15, 0.2) is 5.76 Å². The molecule has 2 aromatic rings. The predicted octanol–water partition coefficient (Wildman–Crippen LogP) is 2.00. The Kier molecular flexibility index (Phi) is 4.70. The van der Waals surface area contributed by atoms with Crippen LogP contribution in [0.5, 0.6) is 5.75 Å². The van der Waals surface area contributed by atoms with Gasteiger partial charge in [0.25, 0.3) is 5.91 Å². The summed E-state index contributed by atoms with van der Waals surface area (Å²) in [5.74, 6) is 0.260. The molecule has 2 amide bonds. The Hall–Kier alpha value is -2.50. The molecule has 0 aliphatic carbocycles. The number of rotatable bonds is 5. The van der Waals surface area contributed by atoms with Gasteiger partial charge in [-0.2, -0.15) is 0 Å². The van der Waals surface area contributed by atoms with Crippen molar-refractivity contribution in [1.29, 1.82) is 0 Å². The fourth-order valence-electron chi connectivity index (χ4n) is 2.20. The van der Waals surface area contributed by atoms with E-state index in [1.54, 1.807) is 33.1 Å². The fourth-order valence-corrected chi connectivity index (χ4v) is 2.20. The number of hydrogen-bond acceptors (Lipinski definition) is 4. The Morgan fingerprint density at radius 1 is 1.36 bits per heavy atom. The molecule has 1 aromatic carbocycles. The predicted molar refractivity (Wildman–Crippen MR) is 83.1 cm³/mol. The molecule has 0 bridgehead atoms. The molecule has 0 saturated carbocycles. The number of hydrogen-bond donors (Lipinski definition) is 2. The maximum absolute atomic E-state index is 12.3. The lowest BCUT2D eigenvalue weighted by molar-refractivity contribution is -0.122. The highest BCUT2D eigenvalue weighted by Crippen LogP contribution is 2.28. The topological polar surface area (TPSA) is 80.6 Å². The number of benzene rings is 1. The fraction of sp³-hybridized carbons (Fsp3) is 0.375. The second-order valence-corrected chi connectivity index (χ2v) is 5.01. The molecule has 0 fully saturated rings. The molecule has 22 heavy (non-hydrogen) atoms. The van der Waals surface area contributed by atoms with Gasteiger partial charge in [0.2, 0.25) is 5.91 Å². The van der Waals surface area contributed by atoms with E-state index in [-0.39, 0.29) is 11.7 Å². The third-order valence-corrected chi connectivity index (χ3v) is 3.44. The van der Waals surface area contributed by atoms with Crippen LogP contribution in [0.1, 0.15) is 30.0 Å². The van der Waals surface area contributed by atoms with Crippen LogP contribution in [0.25, 0.3) is 11.0 Å². The van der Waals surface area contributed by atoms with Crippen molar-refractivity contribution in [2.75, 3.05) is 13.7 Å². The molecule has 0 spiro atoms. The maximum atomic E-state index is 12.3. The highest BCUT2D eigenvalue weighted by molar-refractivity contribution is 6.01. The molecular weight excluding hydrogens is 284 g/mol. The maximum Gasteiger partial charge on any atom is 0.287 e. The van der Waals surface area contributed by atoms with Gasteiger partial charge in [-0.15, -0.1) is 0 Å². The number of amides is 2. The lowest BCUT2D eigenvalue weighted by atomic mass is 10.1. The number of aryl methyl sites for hydroxylation is 1. The molecular formula is C16H20N2O4. The van der Waals surface area contributed by atoms with Crippen LogP contribution >= 0.6 is 0 Å². The van der Waals surface area contributed by atoms with E-state index in [1.165, 1.54) is 0 Å². The normalized spacial score (nSPS) is 12.0. The molecule has 0 saturated heterocycles. The van der Waals surface area contributed by atoms with Crippen molar-refractivity contribution in [3.63, 3.8) is 0 Å². The number of likely N-dealkylation sites (N-methyl/N-ethyl adjacent to an activating group) is 1. The van der Waals surface area contributed by atoms with E-state index in [1.807, 2.05) is 13.0 Å². The third-order valence-electron chi connectivity index (χ3n) is 3.44. The first kappa shape index (κ1) is 15.9. The Bertz CT molecular complexity index is 705. The summed E-state index contributed by atoms with van der Waals surface area (Å²) in [4.78, 5) is 24.0. The van der Waals surface area contributed by atoms with E-state index in [0.717, 1.165) is 10.9 Å². The van der Waals surface area contributed by atoms with Crippen molar-refractivity contribution in [2.45, 2.75) is 26.8 Å². The number of carbonyl (C=O) groups is 2. The van der Waals surface area contributed by atoms with Gasteiger partial charge in [-0.25, -0.2) is 0 Å². The van der Waals surface area contributed by atoms with Crippen molar-refractivity contribution >= 4 is 22.8 Å². The molecule has 1 aromatic heterocycles. The summed E-state index contributed by atoms with van der Waals surface area (Å²) in [6.45, 7) is 5.77. The molecule has 118 valence electrons. The minimum atomic E-state index is -0.630. The van der Waals surface area contributed by atoms with Crippen LogP contribution < -0.4 is 15.4 Å². The minimum Gasteiger partial charge on any atom is -0.497 e. The quantitative estimate of drug-likeness (QED) is 0.885. The number of fused-ring (bicyclic) bond motifs is 1. The Balaban J connectivity index is 2.25. The van der Waals surface area contributed by atoms with Gasteiger partial charge in [-0.05, 0) is 39.0 Å². The zero-order valence-corrected chi connectivity index (χ0v) is 13.1. The Morgan fingerprint density at radius 3 is 2.73 bits per heavy atom. The number of ether oxygens (including phenoxy) is 1. The van der Waals surface area contributed by atoms with Gasteiger partial charge in [0, 0.05) is 17.5 Å². The summed E-state index contributed by atoms with van der Waals surface area (Å²) < 4.78 is 10.8. The second kappa shape index (κ2) is 6.51. The number of nitrogens with one attached hydrogen (secondary N) is 2. The van der Waals surface area contributed by atoms with E-state index in [2.05, 4.69) is 10.6 Å². The standard InChI is InChI=1S/C16H20N2O4/c1-5-17-15(19)10(3)18-16(20)14-9(2)12-8-11(21-4)6-7-13(12)22-14/h6-8,10H,5H2,1-4H3,(H,17,19)(H,18,20)/t10-/m1/s1. The first-order valence-electron chi connectivity index (χ1n) is 7.13. The first-order valence-corrected chi connectivity index (χ1v) is 7.13. The zero-order chi connectivity index (χ0) is 16.3. The average Bonchev–Trinajstić information content (AvgIpc) is 2.84. The van der Waals surface area contributed by atoms with Crippen molar-refractivity contribution in [2.24, 2.45) is 0 Å². The summed E-state index contributed by atoms with van der Waals surface area (Å²) in [7, 11) is 1.58. The van der Waals surface area contributed by atoms with Crippen LogP contribution in [0.2, 0.25) is 0 Å². The molecule has 2 rings (SSSR count). The van der Waals surface area contributed by atoms with E-state index in [4.69, 9.17) is 9.15 Å². The van der Waals surface area contributed by atoms with Crippen LogP contribution in [0, 0.1) is 6.92 Å². The monoisotopic (exact) mass is 304 g/mol. The summed E-state index contributed by atoms with van der Waals surface area (Å²) in [5.41, 5.74) is 1.32. The van der Waals surface area contributed by atoms with E-state index in [9.17, 15) is 9.59 Å². The van der Waals surface area contributed by atoms with E-state index < -0.39 is 11.9 Å². The molecule has 0 unspecified atom stereocenters. The summed E-state index contributed by atoms with van der Waals surface area (Å²) >= 11 is 0. The molecule has 0 radical (unpaired) electrons. The lowest BCUT2D eigenvalue weighted by Crippen LogP contribution is -2.44. The molecule has 2 N–H and O–H groups in total. The van der Waals surface area contributed by atoms with Crippen molar-refractivity contribution in [1.82, 2.24) is 10.6 Å². The van der Waals surface area contributed by atoms with Crippen LogP contribution in [-0.4, -0.2) is 31.5 Å². The number of methoxy groups -OCH3 is 1. The Labute approximate surface area is 128 Å². The smallest absolute Gasteiger partial charge is 0.287 e. The highest BCUT2D eigenvalue weighted by atomic mass is 16.5. The van der Waals surface area contributed by atoms with Crippen LogP contribution in [0.15, 0.2) is 22.6 Å². The van der Waals surface area contributed by atoms with Gasteiger partial charge in [-0.1, -0.05) is 0 Å². The van der Waals surface area contributed by atoms with Gasteiger partial charge < -0.3 is 19.8 Å². The molecule has 6 heteroatoms. The van der Waals surface area contributed by atoms with Crippen molar-refractivity contribution < 1.29 is 18.7 Å². The summed E-state index contributed by atoms with van der Waals surface area (Å²) in [5, 5.41) is 6.11. The molecule has 0 aliphatic heterocycles. The van der Waals surface area contributed by atoms with Crippen LogP contribution in [-0.2, 0) is 4.79 Å². The SMILES string of the molecule is CCNC(=O)[C@@H](C)NC(=O)c1oc2ccc(OC)cc2c1C. The highest BCUT2D eigenvalue weighted by Gasteiger charge is 2.21. The third kappa shape index (κ3) is 3.05.